The van der Waals surface area contributed by atoms with Crippen LogP contribution in [0.2, 0.25) is 0 Å². The summed E-state index contributed by atoms with van der Waals surface area (Å²) in [6.45, 7) is 7.98. The molecule has 3 aromatic rings. The lowest BCUT2D eigenvalue weighted by Crippen LogP contribution is -2.38. The van der Waals surface area contributed by atoms with Crippen molar-refractivity contribution in [3.63, 3.8) is 0 Å². The Labute approximate surface area is 155 Å². The maximum Gasteiger partial charge on any atom is 0.227 e. The summed E-state index contributed by atoms with van der Waals surface area (Å²) in [7, 11) is 0. The summed E-state index contributed by atoms with van der Waals surface area (Å²) in [5.74, 6) is 0. The highest BCUT2D eigenvalue weighted by Gasteiger charge is 2.49. The Bertz CT molecular complexity index is 978. The van der Waals surface area contributed by atoms with E-state index in [0.717, 1.165) is 28.9 Å². The lowest BCUT2D eigenvalue weighted by molar-refractivity contribution is 0.204. The van der Waals surface area contributed by atoms with Gasteiger partial charge in [-0.1, -0.05) is 31.4 Å². The molecular weight excluding hydrogens is 320 g/mol. The lowest BCUT2D eigenvalue weighted by atomic mass is 9.71. The second-order valence-corrected chi connectivity index (χ2v) is 9.20. The second kappa shape index (κ2) is 5.48. The van der Waals surface area contributed by atoms with Crippen molar-refractivity contribution in [2.75, 3.05) is 11.4 Å². The molecule has 1 aliphatic heterocycles. The molecule has 1 aliphatic carbocycles. The minimum atomic E-state index is 0.161. The second-order valence-electron chi connectivity index (χ2n) is 9.20. The maximum absolute atomic E-state index is 6.29. The van der Waals surface area contributed by atoms with Crippen LogP contribution in [0, 0.1) is 12.3 Å². The fourth-order valence-electron chi connectivity index (χ4n) is 5.64. The molecule has 1 aromatic carbocycles. The van der Waals surface area contributed by atoms with E-state index in [2.05, 4.69) is 54.1 Å². The molecule has 0 N–H and O–H groups in total. The molecule has 26 heavy (non-hydrogen) atoms. The van der Waals surface area contributed by atoms with Crippen LogP contribution in [-0.2, 0) is 0 Å². The first-order chi connectivity index (χ1) is 12.5. The zero-order valence-electron chi connectivity index (χ0n) is 16.1. The normalized spacial score (nSPS) is 21.9. The van der Waals surface area contributed by atoms with Crippen molar-refractivity contribution in [1.82, 2.24) is 4.98 Å². The van der Waals surface area contributed by atoms with Crippen LogP contribution < -0.4 is 4.90 Å². The molecule has 1 saturated carbocycles. The monoisotopic (exact) mass is 348 g/mol. The molecule has 0 unspecified atom stereocenters. The summed E-state index contributed by atoms with van der Waals surface area (Å²) in [6.07, 6.45) is 8.23. The highest BCUT2D eigenvalue weighted by Crippen LogP contribution is 2.52. The van der Waals surface area contributed by atoms with Gasteiger partial charge in [0.1, 0.15) is 0 Å². The van der Waals surface area contributed by atoms with Gasteiger partial charge < -0.3 is 9.32 Å². The average Bonchev–Trinajstić information content (AvgIpc) is 3.09. The summed E-state index contributed by atoms with van der Waals surface area (Å²) in [5.41, 5.74) is 4.66. The van der Waals surface area contributed by atoms with Gasteiger partial charge in [0.15, 0.2) is 5.58 Å². The fourth-order valence-corrected chi connectivity index (χ4v) is 5.64. The minimum absolute atomic E-state index is 0.161. The van der Waals surface area contributed by atoms with Crippen molar-refractivity contribution >= 4 is 27.8 Å². The molecule has 3 nitrogen and oxygen atoms in total. The van der Waals surface area contributed by atoms with Gasteiger partial charge in [-0.25, -0.2) is 4.98 Å². The van der Waals surface area contributed by atoms with Gasteiger partial charge in [-0.3, -0.25) is 0 Å². The smallest absolute Gasteiger partial charge is 0.227 e. The zero-order valence-corrected chi connectivity index (χ0v) is 16.1. The average molecular weight is 348 g/mol. The van der Waals surface area contributed by atoms with Crippen molar-refractivity contribution in [3.8, 4) is 0 Å². The number of rotatable bonds is 1. The van der Waals surface area contributed by atoms with Crippen LogP contribution >= 0.6 is 0 Å². The molecule has 0 radical (unpaired) electrons. The van der Waals surface area contributed by atoms with E-state index in [4.69, 9.17) is 4.42 Å². The molecule has 0 amide bonds. The van der Waals surface area contributed by atoms with Gasteiger partial charge in [-0.2, -0.15) is 0 Å². The van der Waals surface area contributed by atoms with Gasteiger partial charge in [0, 0.05) is 28.6 Å². The van der Waals surface area contributed by atoms with Crippen LogP contribution in [0.5, 0.6) is 0 Å². The fraction of sp³-hybridized carbons (Fsp3) is 0.522. The molecule has 2 fully saturated rings. The van der Waals surface area contributed by atoms with Crippen LogP contribution in [0.15, 0.2) is 34.7 Å². The van der Waals surface area contributed by atoms with E-state index in [1.54, 1.807) is 0 Å². The quantitative estimate of drug-likeness (QED) is 0.522. The van der Waals surface area contributed by atoms with Crippen molar-refractivity contribution < 1.29 is 4.42 Å². The molecule has 0 atom stereocenters. The molecule has 3 heterocycles. The Morgan fingerprint density at radius 3 is 2.62 bits per heavy atom. The lowest BCUT2D eigenvalue weighted by Gasteiger charge is -2.33. The topological polar surface area (TPSA) is 29.3 Å². The van der Waals surface area contributed by atoms with Gasteiger partial charge in [-0.05, 0) is 63.6 Å². The van der Waals surface area contributed by atoms with Crippen LogP contribution in [-0.4, -0.2) is 17.1 Å². The predicted octanol–water partition coefficient (Wildman–Crippen LogP) is 6.23. The van der Waals surface area contributed by atoms with Gasteiger partial charge in [0.25, 0.3) is 0 Å². The largest absolute Gasteiger partial charge is 0.436 e. The molecule has 2 aliphatic rings. The molecule has 136 valence electrons. The summed E-state index contributed by atoms with van der Waals surface area (Å²) < 4.78 is 6.29. The van der Waals surface area contributed by atoms with E-state index < -0.39 is 0 Å². The Kier molecular flexibility index (Phi) is 3.41. The van der Waals surface area contributed by atoms with Crippen LogP contribution in [0.25, 0.3) is 22.1 Å². The first-order valence-corrected chi connectivity index (χ1v) is 10.0. The number of benzene rings is 1. The number of anilines is 1. The maximum atomic E-state index is 6.29. The molecule has 2 aromatic heterocycles. The van der Waals surface area contributed by atoms with Crippen molar-refractivity contribution in [1.29, 1.82) is 0 Å². The minimum Gasteiger partial charge on any atom is -0.436 e. The molecule has 0 bridgehead atoms. The highest BCUT2D eigenvalue weighted by molar-refractivity contribution is 6.08. The van der Waals surface area contributed by atoms with Crippen molar-refractivity contribution in [2.24, 2.45) is 5.41 Å². The first kappa shape index (κ1) is 16.2. The van der Waals surface area contributed by atoms with Crippen molar-refractivity contribution in [3.05, 3.63) is 36.0 Å². The van der Waals surface area contributed by atoms with E-state index in [-0.39, 0.29) is 5.54 Å². The Morgan fingerprint density at radius 2 is 1.81 bits per heavy atom. The Hall–Kier alpha value is -2.03. The van der Waals surface area contributed by atoms with E-state index in [9.17, 15) is 0 Å². The number of hydrogen-bond acceptors (Lipinski definition) is 3. The van der Waals surface area contributed by atoms with E-state index >= 15 is 0 Å². The number of fused-ring (bicyclic) bond motifs is 3. The van der Waals surface area contributed by atoms with Crippen LogP contribution in [0.1, 0.15) is 58.1 Å². The number of furan rings is 1. The van der Waals surface area contributed by atoms with E-state index in [0.29, 0.717) is 5.41 Å². The number of hydrogen-bond donors (Lipinski definition) is 0. The molecule has 1 saturated heterocycles. The zero-order chi connectivity index (χ0) is 17.9. The van der Waals surface area contributed by atoms with Crippen LogP contribution in [0.3, 0.4) is 0 Å². The van der Waals surface area contributed by atoms with E-state index in [1.165, 1.54) is 49.6 Å². The summed E-state index contributed by atoms with van der Waals surface area (Å²) >= 11 is 0. The molecule has 1 spiro atoms. The van der Waals surface area contributed by atoms with Gasteiger partial charge >= 0.3 is 0 Å². The predicted molar refractivity (Wildman–Crippen MR) is 108 cm³/mol. The van der Waals surface area contributed by atoms with Crippen molar-refractivity contribution in [2.45, 2.75) is 64.8 Å². The van der Waals surface area contributed by atoms with Crippen LogP contribution in [0.4, 0.5) is 5.69 Å². The van der Waals surface area contributed by atoms with Gasteiger partial charge in [-0.15, -0.1) is 0 Å². The van der Waals surface area contributed by atoms with Gasteiger partial charge in [0.05, 0.1) is 5.69 Å². The summed E-state index contributed by atoms with van der Waals surface area (Å²) in [6, 6.07) is 10.8. The number of aryl methyl sites for hydroxylation is 1. The van der Waals surface area contributed by atoms with E-state index in [1.807, 2.05) is 6.92 Å². The third-order valence-corrected chi connectivity index (χ3v) is 6.72. The number of pyridine rings is 1. The molecule has 3 heteroatoms. The highest BCUT2D eigenvalue weighted by atomic mass is 16.3. The third kappa shape index (κ3) is 2.36. The standard InChI is InChI=1S/C23H28N2O/c1-16-10-11-18-17-8-7-9-19(20(17)26-21(18)24-16)25-15-23(14-22(25,2)3)12-5-4-6-13-23/h7-11H,4-6,12-15H2,1-3H3. The molecule has 5 rings (SSSR count). The third-order valence-electron chi connectivity index (χ3n) is 6.72. The summed E-state index contributed by atoms with van der Waals surface area (Å²) in [5, 5.41) is 2.31. The summed E-state index contributed by atoms with van der Waals surface area (Å²) in [4.78, 5) is 7.24. The number of nitrogens with zero attached hydrogens (tertiary/aromatic N) is 2. The molecular formula is C23H28N2O. The van der Waals surface area contributed by atoms with Gasteiger partial charge in [0.2, 0.25) is 5.71 Å². The SMILES string of the molecule is Cc1ccc2c(n1)oc1c(N3CC4(CCCCC4)CC3(C)C)cccc12. The number of para-hydroxylation sites is 1. The Morgan fingerprint density at radius 1 is 1.00 bits per heavy atom. The first-order valence-electron chi connectivity index (χ1n) is 10.0. The number of aromatic nitrogens is 1. The Balaban J connectivity index is 1.65.